The number of ketones is 1. The largest absolute Gasteiger partial charge is 0.469 e. The highest BCUT2D eigenvalue weighted by Gasteiger charge is 2.42. The van der Waals surface area contributed by atoms with E-state index >= 15 is 0 Å². The number of ether oxygens (including phenoxy) is 3. The zero-order chi connectivity index (χ0) is 23.9. The molecule has 0 amide bonds. The number of rotatable bonds is 4. The van der Waals surface area contributed by atoms with Gasteiger partial charge in [-0.1, -0.05) is 12.5 Å². The van der Waals surface area contributed by atoms with Crippen molar-refractivity contribution < 1.29 is 28.2 Å². The Morgan fingerprint density at radius 3 is 2.69 bits per heavy atom. The van der Waals surface area contributed by atoms with Crippen LogP contribution < -0.4 is 14.8 Å². The normalized spacial score (nSPS) is 24.3. The number of carbonyl (C=O) groups is 2. The van der Waals surface area contributed by atoms with E-state index in [2.05, 4.69) is 5.32 Å². The highest BCUT2D eigenvalue weighted by molar-refractivity contribution is 6.04. The molecule has 2 aromatic rings. The average molecular weight is 476 g/mol. The van der Waals surface area contributed by atoms with E-state index in [1.807, 2.05) is 37.3 Å². The van der Waals surface area contributed by atoms with E-state index in [1.165, 1.54) is 6.42 Å². The first-order valence-corrected chi connectivity index (χ1v) is 12.5. The number of nitrogens with one attached hydrogen (secondary N) is 1. The summed E-state index contributed by atoms with van der Waals surface area (Å²) in [6, 6.07) is 9.41. The molecule has 0 bridgehead atoms. The van der Waals surface area contributed by atoms with Crippen LogP contribution in [0.4, 0.5) is 0 Å². The summed E-state index contributed by atoms with van der Waals surface area (Å²) in [4.78, 5) is 27.2. The quantitative estimate of drug-likeness (QED) is 0.605. The zero-order valence-electron chi connectivity index (χ0n) is 19.8. The summed E-state index contributed by atoms with van der Waals surface area (Å²) in [6.07, 6.45) is 7.63. The Morgan fingerprint density at radius 2 is 1.89 bits per heavy atom. The summed E-state index contributed by atoms with van der Waals surface area (Å²) in [5, 5.41) is 3.40. The molecule has 7 heteroatoms. The molecule has 1 aromatic heterocycles. The SMILES string of the molecule is CC1=C(C(=O)OC2CCCCC2)[C@@H](c2ccc3c(c2)OCO3)C2=C(C[C@H](c3ccco3)CC2=O)N1. The van der Waals surface area contributed by atoms with Crippen LogP contribution in [-0.4, -0.2) is 24.6 Å². The van der Waals surface area contributed by atoms with Crippen molar-refractivity contribution in [2.45, 2.75) is 69.8 Å². The number of fused-ring (bicyclic) bond motifs is 1. The van der Waals surface area contributed by atoms with E-state index in [0.29, 0.717) is 35.5 Å². The number of hydrogen-bond donors (Lipinski definition) is 1. The van der Waals surface area contributed by atoms with Gasteiger partial charge < -0.3 is 23.9 Å². The molecule has 3 heterocycles. The third-order valence-corrected chi connectivity index (χ3v) is 7.55. The topological polar surface area (TPSA) is 87.0 Å². The maximum atomic E-state index is 13.6. The second kappa shape index (κ2) is 8.95. The molecular formula is C28H29NO6. The first-order valence-electron chi connectivity index (χ1n) is 12.5. The molecule has 182 valence electrons. The van der Waals surface area contributed by atoms with Crippen LogP contribution in [0.3, 0.4) is 0 Å². The number of Topliss-reactive ketones (excluding diaryl/α,β-unsaturated/α-hetero) is 1. The summed E-state index contributed by atoms with van der Waals surface area (Å²) in [5.74, 6) is 1.19. The number of esters is 1. The summed E-state index contributed by atoms with van der Waals surface area (Å²) >= 11 is 0. The maximum absolute atomic E-state index is 13.6. The Labute approximate surface area is 204 Å². The molecule has 1 aromatic carbocycles. The maximum Gasteiger partial charge on any atom is 0.337 e. The first kappa shape index (κ1) is 22.0. The number of carbonyl (C=O) groups excluding carboxylic acids is 2. The molecule has 2 atom stereocenters. The fourth-order valence-corrected chi connectivity index (χ4v) is 5.86. The van der Waals surface area contributed by atoms with E-state index in [1.54, 1.807) is 6.26 Å². The second-order valence-corrected chi connectivity index (χ2v) is 9.81. The van der Waals surface area contributed by atoms with Crippen molar-refractivity contribution in [3.63, 3.8) is 0 Å². The minimum atomic E-state index is -0.526. The van der Waals surface area contributed by atoms with Gasteiger partial charge in [0, 0.05) is 35.2 Å². The lowest BCUT2D eigenvalue weighted by atomic mass is 9.72. The number of hydrogen-bond acceptors (Lipinski definition) is 7. The molecule has 0 unspecified atom stereocenters. The Balaban J connectivity index is 1.40. The molecule has 4 aliphatic rings. The number of dihydropyridines is 1. The molecule has 7 nitrogen and oxygen atoms in total. The Bertz CT molecular complexity index is 1220. The van der Waals surface area contributed by atoms with Gasteiger partial charge in [0.15, 0.2) is 17.3 Å². The van der Waals surface area contributed by atoms with E-state index < -0.39 is 5.92 Å². The molecule has 2 aliphatic carbocycles. The molecule has 1 fully saturated rings. The molecule has 0 saturated heterocycles. The van der Waals surface area contributed by atoms with Gasteiger partial charge in [0.2, 0.25) is 6.79 Å². The molecule has 1 saturated carbocycles. The fraction of sp³-hybridized carbons (Fsp3) is 0.429. The Morgan fingerprint density at radius 1 is 1.06 bits per heavy atom. The van der Waals surface area contributed by atoms with Gasteiger partial charge in [-0.05, 0) is 68.9 Å². The minimum Gasteiger partial charge on any atom is -0.469 e. The molecule has 35 heavy (non-hydrogen) atoms. The predicted molar refractivity (Wildman–Crippen MR) is 127 cm³/mol. The van der Waals surface area contributed by atoms with Gasteiger partial charge in [0.1, 0.15) is 11.9 Å². The van der Waals surface area contributed by atoms with Gasteiger partial charge in [0.25, 0.3) is 0 Å². The lowest BCUT2D eigenvalue weighted by Gasteiger charge is -2.36. The molecular weight excluding hydrogens is 446 g/mol. The molecule has 6 rings (SSSR count). The fourth-order valence-electron chi connectivity index (χ4n) is 5.86. The predicted octanol–water partition coefficient (Wildman–Crippen LogP) is 5.25. The Hall–Kier alpha value is -3.48. The van der Waals surface area contributed by atoms with E-state index in [4.69, 9.17) is 18.6 Å². The van der Waals surface area contributed by atoms with Crippen molar-refractivity contribution in [1.29, 1.82) is 0 Å². The van der Waals surface area contributed by atoms with Crippen molar-refractivity contribution in [1.82, 2.24) is 5.32 Å². The summed E-state index contributed by atoms with van der Waals surface area (Å²) < 4.78 is 22.7. The van der Waals surface area contributed by atoms with Crippen molar-refractivity contribution in [3.8, 4) is 11.5 Å². The smallest absolute Gasteiger partial charge is 0.337 e. The van der Waals surface area contributed by atoms with Crippen LogP contribution in [0.25, 0.3) is 0 Å². The monoisotopic (exact) mass is 475 g/mol. The van der Waals surface area contributed by atoms with Crippen molar-refractivity contribution in [2.75, 3.05) is 6.79 Å². The zero-order valence-corrected chi connectivity index (χ0v) is 19.8. The van der Waals surface area contributed by atoms with Crippen LogP contribution >= 0.6 is 0 Å². The molecule has 2 aliphatic heterocycles. The number of allylic oxidation sites excluding steroid dienone is 3. The first-order chi connectivity index (χ1) is 17.1. The van der Waals surface area contributed by atoms with Crippen LogP contribution in [0, 0.1) is 0 Å². The highest BCUT2D eigenvalue weighted by Crippen LogP contribution is 2.47. The lowest BCUT2D eigenvalue weighted by molar-refractivity contribution is -0.146. The van der Waals surface area contributed by atoms with E-state index in [9.17, 15) is 9.59 Å². The van der Waals surface area contributed by atoms with Crippen molar-refractivity contribution >= 4 is 11.8 Å². The van der Waals surface area contributed by atoms with Gasteiger partial charge in [-0.25, -0.2) is 4.79 Å². The summed E-state index contributed by atoms with van der Waals surface area (Å²) in [6.45, 7) is 2.05. The second-order valence-electron chi connectivity index (χ2n) is 9.81. The highest BCUT2D eigenvalue weighted by atomic mass is 16.7. The summed E-state index contributed by atoms with van der Waals surface area (Å²) in [7, 11) is 0. The van der Waals surface area contributed by atoms with Gasteiger partial charge in [-0.2, -0.15) is 0 Å². The van der Waals surface area contributed by atoms with Crippen LogP contribution in [-0.2, 0) is 14.3 Å². The van der Waals surface area contributed by atoms with Crippen LogP contribution in [0.5, 0.6) is 11.5 Å². The van der Waals surface area contributed by atoms with E-state index in [-0.39, 0.29) is 30.6 Å². The standard InChI is InChI=1S/C28H29NO6/c1-16-25(28(31)35-19-6-3-2-4-7-19)26(17-9-10-23-24(14-17)34-15-33-23)27-20(29-16)12-18(13-21(27)30)22-8-5-11-32-22/h5,8-11,14,18-19,26,29H,2-4,6-7,12-13,15H2,1H3/t18-,26+/m0/s1. The number of furan rings is 1. The average Bonchev–Trinajstić information content (AvgIpc) is 3.55. The van der Waals surface area contributed by atoms with Crippen molar-refractivity contribution in [3.05, 3.63) is 70.5 Å². The van der Waals surface area contributed by atoms with Crippen LogP contribution in [0.1, 0.15) is 75.0 Å². The molecule has 0 radical (unpaired) electrons. The molecule has 1 N–H and O–H groups in total. The van der Waals surface area contributed by atoms with Gasteiger partial charge in [-0.3, -0.25) is 4.79 Å². The van der Waals surface area contributed by atoms with Crippen LogP contribution in [0.2, 0.25) is 0 Å². The summed E-state index contributed by atoms with van der Waals surface area (Å²) in [5.41, 5.74) is 3.52. The third kappa shape index (κ3) is 4.03. The van der Waals surface area contributed by atoms with Crippen LogP contribution in [0.15, 0.2) is 63.6 Å². The van der Waals surface area contributed by atoms with Gasteiger partial charge in [0.05, 0.1) is 11.8 Å². The van der Waals surface area contributed by atoms with Gasteiger partial charge >= 0.3 is 5.97 Å². The van der Waals surface area contributed by atoms with Crippen molar-refractivity contribution in [2.24, 2.45) is 0 Å². The third-order valence-electron chi connectivity index (χ3n) is 7.55. The lowest BCUT2D eigenvalue weighted by Crippen LogP contribution is -2.37. The Kier molecular flexibility index (Phi) is 5.63. The number of benzene rings is 1. The van der Waals surface area contributed by atoms with E-state index in [0.717, 1.165) is 48.4 Å². The minimum absolute atomic E-state index is 0.0123. The molecule has 0 spiro atoms. The van der Waals surface area contributed by atoms with Gasteiger partial charge in [-0.15, -0.1) is 0 Å².